The lowest BCUT2D eigenvalue weighted by Crippen LogP contribution is -3.00. The maximum Gasteiger partial charge on any atom is 0.340 e. The van der Waals surface area contributed by atoms with Gasteiger partial charge in [-0.2, -0.15) is 0 Å². The van der Waals surface area contributed by atoms with Crippen LogP contribution < -0.4 is 17.2 Å². The first-order valence-electron chi connectivity index (χ1n) is 7.58. The smallest absolute Gasteiger partial charge is 0.340 e. The van der Waals surface area contributed by atoms with Crippen LogP contribution in [-0.2, 0) is 0 Å². The van der Waals surface area contributed by atoms with Gasteiger partial charge in [0.2, 0.25) is 0 Å². The van der Waals surface area contributed by atoms with Gasteiger partial charge in [-0.1, -0.05) is 42.5 Å². The van der Waals surface area contributed by atoms with Crippen LogP contribution in [0.25, 0.3) is 22.8 Å². The average Bonchev–Trinajstić information content (AvgIpc) is 3.09. The third kappa shape index (κ3) is 3.41. The molecule has 124 valence electrons. The average molecular weight is 353 g/mol. The van der Waals surface area contributed by atoms with Crippen molar-refractivity contribution in [3.05, 3.63) is 90.7 Å². The summed E-state index contributed by atoms with van der Waals surface area (Å²) in [6.45, 7) is 0. The highest BCUT2D eigenvalue weighted by Crippen LogP contribution is 2.15. The molecule has 0 bridgehead atoms. The Hall–Kier alpha value is -3.05. The summed E-state index contributed by atoms with van der Waals surface area (Å²) in [6, 6.07) is 25.6. The molecule has 1 aromatic heterocycles. The van der Waals surface area contributed by atoms with E-state index in [1.807, 2.05) is 60.7 Å². The van der Waals surface area contributed by atoms with Gasteiger partial charge in [-0.3, -0.25) is 0 Å². The molecule has 6 heteroatoms. The fourth-order valence-corrected chi connectivity index (χ4v) is 2.48. The summed E-state index contributed by atoms with van der Waals surface area (Å²) in [5.74, 6) is 0.257. The van der Waals surface area contributed by atoms with Gasteiger partial charge in [-0.25, -0.2) is 4.39 Å². The number of hydrogen-bond acceptors (Lipinski definition) is 2. The minimum atomic E-state index is -0.316. The van der Waals surface area contributed by atoms with Crippen molar-refractivity contribution in [1.29, 1.82) is 0 Å². The van der Waals surface area contributed by atoms with Crippen LogP contribution in [0.15, 0.2) is 84.9 Å². The van der Waals surface area contributed by atoms with Crippen molar-refractivity contribution in [3.8, 4) is 22.8 Å². The minimum absolute atomic E-state index is 0. The van der Waals surface area contributed by atoms with Crippen LogP contribution in [-0.4, -0.2) is 15.0 Å². The monoisotopic (exact) mass is 352 g/mol. The molecule has 0 aliphatic heterocycles. The molecule has 4 aromatic rings. The topological polar surface area (TPSA) is 34.6 Å². The van der Waals surface area contributed by atoms with Gasteiger partial charge < -0.3 is 12.4 Å². The Morgan fingerprint density at radius 2 is 1.48 bits per heavy atom. The van der Waals surface area contributed by atoms with Crippen LogP contribution in [0.1, 0.15) is 0 Å². The zero-order chi connectivity index (χ0) is 16.4. The van der Waals surface area contributed by atoms with Gasteiger partial charge >= 0.3 is 5.82 Å². The summed E-state index contributed by atoms with van der Waals surface area (Å²) in [5, 5.41) is 9.17. The van der Waals surface area contributed by atoms with Gasteiger partial charge in [-0.15, -0.1) is 0 Å². The van der Waals surface area contributed by atoms with Crippen LogP contribution >= 0.6 is 0 Å². The first-order chi connectivity index (χ1) is 11.8. The standard InChI is InChI=1S/C19H14FN4.ClH/c20-16-10-7-13-18(14-16)24-22-19(15-8-3-1-4-9-15)21-23(24)17-11-5-2-6-12-17;/h1-14H;1H/q+1;/p-1. The van der Waals surface area contributed by atoms with Gasteiger partial charge in [0.15, 0.2) is 5.69 Å². The lowest BCUT2D eigenvalue weighted by molar-refractivity contribution is -0.734. The SMILES string of the molecule is Fc1cccc(-n2nc(-c3ccccc3)n[n+]2-c2ccccc2)c1.[Cl-]. The Bertz CT molecular complexity index is 971. The van der Waals surface area contributed by atoms with Crippen molar-refractivity contribution in [2.75, 3.05) is 0 Å². The Labute approximate surface area is 150 Å². The summed E-state index contributed by atoms with van der Waals surface area (Å²) in [4.78, 5) is 3.26. The van der Waals surface area contributed by atoms with E-state index in [4.69, 9.17) is 0 Å². The highest BCUT2D eigenvalue weighted by atomic mass is 35.5. The third-order valence-electron chi connectivity index (χ3n) is 3.62. The third-order valence-corrected chi connectivity index (χ3v) is 3.62. The molecule has 0 spiro atoms. The molecule has 0 N–H and O–H groups in total. The van der Waals surface area contributed by atoms with E-state index < -0.39 is 0 Å². The summed E-state index contributed by atoms with van der Waals surface area (Å²) in [7, 11) is 0. The van der Waals surface area contributed by atoms with Gasteiger partial charge in [0.25, 0.3) is 0 Å². The summed E-state index contributed by atoms with van der Waals surface area (Å²) < 4.78 is 13.6. The van der Waals surface area contributed by atoms with Crippen molar-refractivity contribution < 1.29 is 21.6 Å². The highest BCUT2D eigenvalue weighted by Gasteiger charge is 2.23. The zero-order valence-corrected chi connectivity index (χ0v) is 13.9. The number of benzene rings is 3. The van der Waals surface area contributed by atoms with Crippen LogP contribution in [0.5, 0.6) is 0 Å². The maximum atomic E-state index is 13.6. The van der Waals surface area contributed by atoms with Crippen molar-refractivity contribution in [1.82, 2.24) is 15.0 Å². The second-order valence-electron chi connectivity index (χ2n) is 5.28. The summed E-state index contributed by atoms with van der Waals surface area (Å²) in [6.07, 6.45) is 0. The number of halogens is 2. The van der Waals surface area contributed by atoms with E-state index in [0.29, 0.717) is 11.5 Å². The molecule has 0 aliphatic carbocycles. The molecule has 1 heterocycles. The van der Waals surface area contributed by atoms with Crippen LogP contribution in [0.2, 0.25) is 0 Å². The van der Waals surface area contributed by atoms with E-state index in [9.17, 15) is 4.39 Å². The van der Waals surface area contributed by atoms with E-state index >= 15 is 0 Å². The van der Waals surface area contributed by atoms with Crippen molar-refractivity contribution in [2.45, 2.75) is 0 Å². The van der Waals surface area contributed by atoms with Gasteiger partial charge in [-0.05, 0) is 46.3 Å². The van der Waals surface area contributed by atoms with Gasteiger partial charge in [0.1, 0.15) is 11.5 Å². The van der Waals surface area contributed by atoms with Gasteiger partial charge in [0, 0.05) is 10.9 Å². The molecule has 0 amide bonds. The number of para-hydroxylation sites is 1. The largest absolute Gasteiger partial charge is 1.00 e. The van der Waals surface area contributed by atoms with E-state index in [1.165, 1.54) is 12.1 Å². The molecule has 4 nitrogen and oxygen atoms in total. The quantitative estimate of drug-likeness (QED) is 0.499. The Morgan fingerprint density at radius 3 is 2.16 bits per heavy atom. The molecule has 0 radical (unpaired) electrons. The summed E-state index contributed by atoms with van der Waals surface area (Å²) in [5.41, 5.74) is 2.35. The predicted molar refractivity (Wildman–Crippen MR) is 88.3 cm³/mol. The Balaban J connectivity index is 0.00000182. The second kappa shape index (κ2) is 7.23. The number of aromatic nitrogens is 4. The molecule has 0 saturated carbocycles. The van der Waals surface area contributed by atoms with Gasteiger partial charge in [0.05, 0.1) is 10.7 Å². The number of tetrazole rings is 1. The number of nitrogens with zero attached hydrogens (tertiary/aromatic N) is 4. The van der Waals surface area contributed by atoms with E-state index in [1.54, 1.807) is 21.7 Å². The van der Waals surface area contributed by atoms with Crippen molar-refractivity contribution in [3.63, 3.8) is 0 Å². The van der Waals surface area contributed by atoms with E-state index in [2.05, 4.69) is 10.2 Å². The molecule has 25 heavy (non-hydrogen) atoms. The normalized spacial score (nSPS) is 10.3. The predicted octanol–water partition coefficient (Wildman–Crippen LogP) is 0.354. The number of rotatable bonds is 3. The van der Waals surface area contributed by atoms with Crippen molar-refractivity contribution >= 4 is 0 Å². The molecule has 4 rings (SSSR count). The molecule has 0 fully saturated rings. The van der Waals surface area contributed by atoms with Crippen LogP contribution in [0.4, 0.5) is 4.39 Å². The first kappa shape index (κ1) is 16.8. The van der Waals surface area contributed by atoms with Crippen LogP contribution in [0, 0.1) is 5.82 Å². The molecule has 0 atom stereocenters. The fourth-order valence-electron chi connectivity index (χ4n) is 2.48. The molecule has 0 aliphatic rings. The highest BCUT2D eigenvalue weighted by molar-refractivity contribution is 5.53. The van der Waals surface area contributed by atoms with Crippen LogP contribution in [0.3, 0.4) is 0 Å². The molecule has 0 unspecified atom stereocenters. The molecule has 3 aromatic carbocycles. The van der Waals surface area contributed by atoms with E-state index in [-0.39, 0.29) is 18.2 Å². The Morgan fingerprint density at radius 1 is 0.800 bits per heavy atom. The fraction of sp³-hybridized carbons (Fsp3) is 0. The van der Waals surface area contributed by atoms with E-state index in [0.717, 1.165) is 11.3 Å². The first-order valence-corrected chi connectivity index (χ1v) is 7.58. The lowest BCUT2D eigenvalue weighted by Gasteiger charge is -1.99. The lowest BCUT2D eigenvalue weighted by atomic mass is 10.2. The minimum Gasteiger partial charge on any atom is -1.00 e. The van der Waals surface area contributed by atoms with Crippen molar-refractivity contribution in [2.24, 2.45) is 0 Å². The number of hydrogen-bond donors (Lipinski definition) is 0. The zero-order valence-electron chi connectivity index (χ0n) is 13.1. The molecular weight excluding hydrogens is 339 g/mol. The Kier molecular flexibility index (Phi) is 4.86. The second-order valence-corrected chi connectivity index (χ2v) is 5.28. The maximum absolute atomic E-state index is 13.6. The summed E-state index contributed by atoms with van der Waals surface area (Å²) >= 11 is 0. The molecule has 0 saturated heterocycles. The molecular formula is C19H14ClFN4.